The van der Waals surface area contributed by atoms with Crippen LogP contribution in [0.25, 0.3) is 0 Å². The summed E-state index contributed by atoms with van der Waals surface area (Å²) in [5.74, 6) is 0.0755. The van der Waals surface area contributed by atoms with Gasteiger partial charge in [0.25, 0.3) is 0 Å². The third-order valence-corrected chi connectivity index (χ3v) is 3.77. The van der Waals surface area contributed by atoms with Crippen molar-refractivity contribution in [2.45, 2.75) is 52.5 Å². The van der Waals surface area contributed by atoms with Gasteiger partial charge in [0.15, 0.2) is 0 Å². The predicted octanol–water partition coefficient (Wildman–Crippen LogP) is 2.48. The van der Waals surface area contributed by atoms with E-state index in [2.05, 4.69) is 37.4 Å². The highest BCUT2D eigenvalue weighted by atomic mass is 16.1. The number of nitrogens with two attached hydrogens (primary N) is 1. The third kappa shape index (κ3) is 4.67. The molecule has 1 rings (SSSR count). The van der Waals surface area contributed by atoms with Gasteiger partial charge >= 0.3 is 0 Å². The van der Waals surface area contributed by atoms with Gasteiger partial charge in [0.05, 0.1) is 6.42 Å². The van der Waals surface area contributed by atoms with Gasteiger partial charge in [-0.05, 0) is 51.3 Å². The van der Waals surface area contributed by atoms with Crippen LogP contribution in [0.1, 0.15) is 43.4 Å². The average Bonchev–Trinajstić information content (AvgIpc) is 2.34. The number of aryl methyl sites for hydroxylation is 2. The molecule has 0 spiro atoms. The normalized spacial score (nSPS) is 13.9. The molecule has 0 aliphatic rings. The zero-order valence-electron chi connectivity index (χ0n) is 12.5. The summed E-state index contributed by atoms with van der Waals surface area (Å²) < 4.78 is 0. The lowest BCUT2D eigenvalue weighted by molar-refractivity contribution is -0.122. The van der Waals surface area contributed by atoms with Crippen molar-refractivity contribution in [3.05, 3.63) is 34.9 Å². The van der Waals surface area contributed by atoms with Gasteiger partial charge in [-0.1, -0.05) is 30.7 Å². The Hall–Kier alpha value is -1.35. The van der Waals surface area contributed by atoms with Crippen LogP contribution in [-0.4, -0.2) is 18.0 Å². The van der Waals surface area contributed by atoms with Crippen LogP contribution in [0, 0.1) is 13.8 Å². The maximum Gasteiger partial charge on any atom is 0.224 e. The summed E-state index contributed by atoms with van der Waals surface area (Å²) in [6.45, 7) is 8.81. The summed E-state index contributed by atoms with van der Waals surface area (Å²) in [6, 6.07) is 6.22. The van der Waals surface area contributed by atoms with Crippen molar-refractivity contribution in [1.29, 1.82) is 0 Å². The Balaban J connectivity index is 2.72. The molecule has 0 aliphatic carbocycles. The largest absolute Gasteiger partial charge is 0.351 e. The fraction of sp³-hybridized carbons (Fsp3) is 0.562. The van der Waals surface area contributed by atoms with Gasteiger partial charge in [-0.25, -0.2) is 0 Å². The molecule has 3 heteroatoms. The first-order valence-electron chi connectivity index (χ1n) is 6.97. The number of nitrogens with one attached hydrogen (secondary N) is 1. The van der Waals surface area contributed by atoms with Crippen LogP contribution >= 0.6 is 0 Å². The van der Waals surface area contributed by atoms with Gasteiger partial charge in [0.1, 0.15) is 0 Å². The van der Waals surface area contributed by atoms with Gasteiger partial charge in [-0.2, -0.15) is 0 Å². The number of amides is 1. The minimum atomic E-state index is -0.191. The summed E-state index contributed by atoms with van der Waals surface area (Å²) in [7, 11) is 0. The molecule has 0 heterocycles. The number of hydrogen-bond acceptors (Lipinski definition) is 2. The van der Waals surface area contributed by atoms with Crippen LogP contribution in [0.5, 0.6) is 0 Å². The quantitative estimate of drug-likeness (QED) is 0.827. The Kier molecular flexibility index (Phi) is 5.55. The van der Waals surface area contributed by atoms with Crippen LogP contribution in [0.15, 0.2) is 18.2 Å². The average molecular weight is 262 g/mol. The maximum absolute atomic E-state index is 12.2. The predicted molar refractivity (Wildman–Crippen MR) is 80.1 cm³/mol. The lowest BCUT2D eigenvalue weighted by Gasteiger charge is -2.29. The van der Waals surface area contributed by atoms with Crippen molar-refractivity contribution in [3.8, 4) is 0 Å². The smallest absolute Gasteiger partial charge is 0.224 e. The Morgan fingerprint density at radius 2 is 2.05 bits per heavy atom. The molecule has 0 fully saturated rings. The second kappa shape index (κ2) is 6.71. The van der Waals surface area contributed by atoms with E-state index in [0.717, 1.165) is 24.0 Å². The number of benzene rings is 1. The molecular weight excluding hydrogens is 236 g/mol. The monoisotopic (exact) mass is 262 g/mol. The number of rotatable bonds is 6. The summed E-state index contributed by atoms with van der Waals surface area (Å²) >= 11 is 0. The summed E-state index contributed by atoms with van der Waals surface area (Å²) in [6.07, 6.45) is 2.14. The maximum atomic E-state index is 12.2. The molecule has 3 nitrogen and oxygen atoms in total. The van der Waals surface area contributed by atoms with E-state index < -0.39 is 0 Å². The van der Waals surface area contributed by atoms with Crippen LogP contribution in [0.3, 0.4) is 0 Å². The number of hydrogen-bond donors (Lipinski definition) is 2. The van der Waals surface area contributed by atoms with E-state index >= 15 is 0 Å². The molecule has 19 heavy (non-hydrogen) atoms. The van der Waals surface area contributed by atoms with Gasteiger partial charge in [0, 0.05) is 5.54 Å². The molecule has 1 unspecified atom stereocenters. The van der Waals surface area contributed by atoms with Crippen molar-refractivity contribution in [1.82, 2.24) is 5.32 Å². The van der Waals surface area contributed by atoms with E-state index in [9.17, 15) is 4.79 Å². The van der Waals surface area contributed by atoms with Crippen molar-refractivity contribution in [2.24, 2.45) is 5.73 Å². The van der Waals surface area contributed by atoms with Gasteiger partial charge in [-0.3, -0.25) is 4.79 Å². The van der Waals surface area contributed by atoms with E-state index in [4.69, 9.17) is 5.73 Å². The molecule has 0 saturated carbocycles. The summed E-state index contributed by atoms with van der Waals surface area (Å²) in [5.41, 5.74) is 8.87. The second-order valence-corrected chi connectivity index (χ2v) is 5.61. The van der Waals surface area contributed by atoms with E-state index in [-0.39, 0.29) is 11.4 Å². The lowest BCUT2D eigenvalue weighted by Crippen LogP contribution is -2.47. The van der Waals surface area contributed by atoms with E-state index in [0.29, 0.717) is 13.0 Å². The van der Waals surface area contributed by atoms with E-state index in [1.54, 1.807) is 0 Å². The van der Waals surface area contributed by atoms with Crippen molar-refractivity contribution >= 4 is 5.91 Å². The van der Waals surface area contributed by atoms with Crippen LogP contribution in [-0.2, 0) is 11.2 Å². The summed E-state index contributed by atoms with van der Waals surface area (Å²) in [4.78, 5) is 12.2. The minimum Gasteiger partial charge on any atom is -0.351 e. The topological polar surface area (TPSA) is 55.1 Å². The molecular formula is C16H26N2O. The molecule has 1 aromatic carbocycles. The fourth-order valence-electron chi connectivity index (χ4n) is 2.19. The molecule has 0 saturated heterocycles. The first-order chi connectivity index (χ1) is 8.90. The van der Waals surface area contributed by atoms with Crippen LogP contribution < -0.4 is 11.1 Å². The molecule has 1 aromatic rings. The highest BCUT2D eigenvalue weighted by Crippen LogP contribution is 2.15. The standard InChI is InChI=1S/C16H26N2O/c1-5-16(4,8-9-17)18-15(19)11-14-10-12(2)6-7-13(14)3/h6-7,10H,5,8-9,11,17H2,1-4H3,(H,18,19). The molecule has 1 atom stereocenters. The van der Waals surface area contributed by atoms with Gasteiger partial charge < -0.3 is 11.1 Å². The Labute approximate surface area is 116 Å². The number of carbonyl (C=O) groups excluding carboxylic acids is 1. The molecule has 0 aromatic heterocycles. The van der Waals surface area contributed by atoms with Gasteiger partial charge in [-0.15, -0.1) is 0 Å². The minimum absolute atomic E-state index is 0.0755. The Morgan fingerprint density at radius 1 is 1.37 bits per heavy atom. The second-order valence-electron chi connectivity index (χ2n) is 5.61. The van der Waals surface area contributed by atoms with Crippen molar-refractivity contribution < 1.29 is 4.79 Å². The Morgan fingerprint density at radius 3 is 2.63 bits per heavy atom. The first-order valence-corrected chi connectivity index (χ1v) is 6.97. The highest BCUT2D eigenvalue weighted by Gasteiger charge is 2.23. The van der Waals surface area contributed by atoms with Crippen molar-refractivity contribution in [3.63, 3.8) is 0 Å². The summed E-state index contributed by atoms with van der Waals surface area (Å²) in [5, 5.41) is 3.12. The highest BCUT2D eigenvalue weighted by molar-refractivity contribution is 5.79. The zero-order valence-corrected chi connectivity index (χ0v) is 12.5. The molecule has 0 aliphatic heterocycles. The Bertz CT molecular complexity index is 442. The molecule has 3 N–H and O–H groups in total. The SMILES string of the molecule is CCC(C)(CCN)NC(=O)Cc1cc(C)ccc1C. The molecule has 0 bridgehead atoms. The molecule has 106 valence electrons. The van der Waals surface area contributed by atoms with Gasteiger partial charge in [0.2, 0.25) is 5.91 Å². The van der Waals surface area contributed by atoms with Crippen LogP contribution in [0.2, 0.25) is 0 Å². The fourth-order valence-corrected chi connectivity index (χ4v) is 2.19. The first kappa shape index (κ1) is 15.7. The lowest BCUT2D eigenvalue weighted by atomic mass is 9.93. The number of carbonyl (C=O) groups is 1. The molecule has 0 radical (unpaired) electrons. The van der Waals surface area contributed by atoms with E-state index in [1.807, 2.05) is 13.8 Å². The molecule has 1 amide bonds. The van der Waals surface area contributed by atoms with E-state index in [1.165, 1.54) is 5.56 Å². The zero-order chi connectivity index (χ0) is 14.5. The van der Waals surface area contributed by atoms with Crippen molar-refractivity contribution in [2.75, 3.05) is 6.54 Å². The van der Waals surface area contributed by atoms with Crippen LogP contribution in [0.4, 0.5) is 0 Å². The third-order valence-electron chi connectivity index (χ3n) is 3.77.